The number of fused-ring (bicyclic) bond motifs is 3. The van der Waals surface area contributed by atoms with Crippen LogP contribution in [0.25, 0.3) is 21.9 Å². The second kappa shape index (κ2) is 6.08. The first-order valence-corrected chi connectivity index (χ1v) is 9.40. The highest BCUT2D eigenvalue weighted by atomic mass is 32.2. The molecule has 7 nitrogen and oxygen atoms in total. The fourth-order valence-electron chi connectivity index (χ4n) is 3.18. The Morgan fingerprint density at radius 1 is 1.15 bits per heavy atom. The molecule has 2 N–H and O–H groups in total. The van der Waals surface area contributed by atoms with Crippen LogP contribution in [0.3, 0.4) is 0 Å². The second-order valence-corrected chi connectivity index (χ2v) is 7.41. The van der Waals surface area contributed by atoms with Crippen LogP contribution in [-0.2, 0) is 16.6 Å². The van der Waals surface area contributed by atoms with E-state index in [1.54, 1.807) is 31.5 Å². The smallest absolute Gasteiger partial charge is 0.238 e. The van der Waals surface area contributed by atoms with Gasteiger partial charge in [0, 0.05) is 11.9 Å². The van der Waals surface area contributed by atoms with E-state index in [4.69, 9.17) is 9.88 Å². The van der Waals surface area contributed by atoms with Crippen LogP contribution in [0.5, 0.6) is 5.75 Å². The van der Waals surface area contributed by atoms with Crippen molar-refractivity contribution in [3.8, 4) is 5.75 Å². The maximum atomic E-state index is 11.9. The maximum absolute atomic E-state index is 11.9. The molecular weight excluding hydrogens is 352 g/mol. The molecule has 0 bridgehead atoms. The molecule has 2 aromatic heterocycles. The van der Waals surface area contributed by atoms with E-state index in [1.165, 1.54) is 12.4 Å². The Bertz CT molecular complexity index is 1230. The minimum absolute atomic E-state index is 0.111. The van der Waals surface area contributed by atoms with E-state index in [0.717, 1.165) is 27.7 Å². The van der Waals surface area contributed by atoms with Crippen molar-refractivity contribution in [2.24, 2.45) is 5.14 Å². The first kappa shape index (κ1) is 16.5. The van der Waals surface area contributed by atoms with Crippen LogP contribution < -0.4 is 9.88 Å². The van der Waals surface area contributed by atoms with Crippen LogP contribution in [0, 0.1) is 0 Å². The second-order valence-electron chi connectivity index (χ2n) is 5.88. The summed E-state index contributed by atoms with van der Waals surface area (Å²) in [6, 6.07) is 12.4. The molecule has 0 fully saturated rings. The number of primary sulfonamides is 1. The third-order valence-electron chi connectivity index (χ3n) is 4.34. The van der Waals surface area contributed by atoms with E-state index < -0.39 is 10.0 Å². The van der Waals surface area contributed by atoms with Crippen molar-refractivity contribution >= 4 is 32.0 Å². The molecule has 0 aliphatic carbocycles. The lowest BCUT2D eigenvalue weighted by atomic mass is 10.2. The molecule has 0 radical (unpaired) electrons. The normalized spacial score (nSPS) is 11.9. The van der Waals surface area contributed by atoms with Gasteiger partial charge in [0.15, 0.2) is 0 Å². The van der Waals surface area contributed by atoms with Gasteiger partial charge in [-0.3, -0.25) is 0 Å². The first-order chi connectivity index (χ1) is 12.5. The third kappa shape index (κ3) is 2.69. The quantitative estimate of drug-likeness (QED) is 0.596. The first-order valence-electron chi connectivity index (χ1n) is 7.85. The van der Waals surface area contributed by atoms with E-state index in [-0.39, 0.29) is 4.90 Å². The fourth-order valence-corrected chi connectivity index (χ4v) is 3.94. The van der Waals surface area contributed by atoms with Gasteiger partial charge < -0.3 is 9.30 Å². The molecule has 4 aromatic rings. The Morgan fingerprint density at radius 2 is 1.96 bits per heavy atom. The summed E-state index contributed by atoms with van der Waals surface area (Å²) in [4.78, 5) is 8.62. The molecule has 2 aromatic carbocycles. The molecular formula is C18H16N4O3S. The van der Waals surface area contributed by atoms with Crippen LogP contribution in [0.2, 0.25) is 0 Å². The Labute approximate surface area is 150 Å². The van der Waals surface area contributed by atoms with Gasteiger partial charge in [-0.05, 0) is 29.8 Å². The van der Waals surface area contributed by atoms with Crippen molar-refractivity contribution < 1.29 is 13.2 Å². The molecule has 0 aliphatic heterocycles. The van der Waals surface area contributed by atoms with Gasteiger partial charge in [-0.2, -0.15) is 0 Å². The molecule has 2 heterocycles. The van der Waals surface area contributed by atoms with Gasteiger partial charge >= 0.3 is 0 Å². The molecule has 0 spiro atoms. The zero-order chi connectivity index (χ0) is 18.3. The monoisotopic (exact) mass is 368 g/mol. The van der Waals surface area contributed by atoms with Crippen LogP contribution >= 0.6 is 0 Å². The number of hydrogen-bond acceptors (Lipinski definition) is 5. The molecule has 4 rings (SSSR count). The summed E-state index contributed by atoms with van der Waals surface area (Å²) in [5, 5.41) is 6.28. The lowest BCUT2D eigenvalue weighted by molar-refractivity contribution is 0.415. The molecule has 132 valence electrons. The van der Waals surface area contributed by atoms with E-state index in [9.17, 15) is 8.42 Å². The van der Waals surface area contributed by atoms with Gasteiger partial charge in [0.25, 0.3) is 0 Å². The highest BCUT2D eigenvalue weighted by Crippen LogP contribution is 2.31. The summed E-state index contributed by atoms with van der Waals surface area (Å²) in [7, 11) is -2.21. The summed E-state index contributed by atoms with van der Waals surface area (Å²) < 4.78 is 31.1. The predicted molar refractivity (Wildman–Crippen MR) is 98.5 cm³/mol. The topological polar surface area (TPSA) is 100 Å². The van der Waals surface area contributed by atoms with Crippen molar-refractivity contribution in [2.45, 2.75) is 11.4 Å². The molecule has 0 unspecified atom stereocenters. The van der Waals surface area contributed by atoms with Crippen LogP contribution in [0.1, 0.15) is 5.56 Å². The molecule has 0 atom stereocenters. The summed E-state index contributed by atoms with van der Waals surface area (Å²) in [5.74, 6) is 0.722. The Kier molecular flexibility index (Phi) is 3.86. The van der Waals surface area contributed by atoms with Crippen molar-refractivity contribution in [1.82, 2.24) is 14.5 Å². The van der Waals surface area contributed by atoms with Gasteiger partial charge in [0.2, 0.25) is 10.0 Å². The van der Waals surface area contributed by atoms with Crippen LogP contribution in [-0.4, -0.2) is 30.1 Å². The van der Waals surface area contributed by atoms with Crippen molar-refractivity contribution in [1.29, 1.82) is 0 Å². The highest BCUT2D eigenvalue weighted by Gasteiger charge is 2.17. The third-order valence-corrected chi connectivity index (χ3v) is 5.35. The predicted octanol–water partition coefficient (Wildman–Crippen LogP) is 2.29. The number of sulfonamides is 1. The average Bonchev–Trinajstić information content (AvgIpc) is 2.95. The van der Waals surface area contributed by atoms with Gasteiger partial charge in [0.1, 0.15) is 12.1 Å². The number of methoxy groups -OCH3 is 1. The number of ether oxygens (including phenoxy) is 1. The van der Waals surface area contributed by atoms with E-state index in [2.05, 4.69) is 9.97 Å². The summed E-state index contributed by atoms with van der Waals surface area (Å²) in [6.45, 7) is 0.326. The van der Waals surface area contributed by atoms with E-state index in [0.29, 0.717) is 12.1 Å². The van der Waals surface area contributed by atoms with E-state index >= 15 is 0 Å². The molecule has 8 heteroatoms. The van der Waals surface area contributed by atoms with Gasteiger partial charge in [0.05, 0.1) is 34.8 Å². The lowest BCUT2D eigenvalue weighted by Crippen LogP contribution is -2.15. The summed E-state index contributed by atoms with van der Waals surface area (Å²) in [5.41, 5.74) is 3.10. The highest BCUT2D eigenvalue weighted by molar-refractivity contribution is 7.89. The lowest BCUT2D eigenvalue weighted by Gasteiger charge is -2.11. The van der Waals surface area contributed by atoms with Gasteiger partial charge in [-0.25, -0.2) is 23.5 Å². The minimum Gasteiger partial charge on any atom is -0.497 e. The number of hydrogen-bond donors (Lipinski definition) is 1. The maximum Gasteiger partial charge on any atom is 0.238 e. The van der Waals surface area contributed by atoms with Crippen LogP contribution in [0.4, 0.5) is 0 Å². The average molecular weight is 368 g/mol. The summed E-state index contributed by atoms with van der Waals surface area (Å²) >= 11 is 0. The van der Waals surface area contributed by atoms with Crippen molar-refractivity contribution in [3.63, 3.8) is 0 Å². The SMILES string of the molecule is COc1ccc2c(c1)c1ncncc1n2Cc1ccccc1S(N)(=O)=O. The number of nitrogens with zero attached hydrogens (tertiary/aromatic N) is 3. The number of aromatic nitrogens is 3. The summed E-state index contributed by atoms with van der Waals surface area (Å²) in [6.07, 6.45) is 3.21. The van der Waals surface area contributed by atoms with Crippen molar-refractivity contribution in [3.05, 3.63) is 60.6 Å². The van der Waals surface area contributed by atoms with Gasteiger partial charge in [-0.1, -0.05) is 18.2 Å². The zero-order valence-electron chi connectivity index (χ0n) is 14.0. The number of nitrogens with two attached hydrogens (primary N) is 1. The minimum atomic E-state index is -3.82. The molecule has 26 heavy (non-hydrogen) atoms. The molecule has 0 amide bonds. The largest absolute Gasteiger partial charge is 0.497 e. The van der Waals surface area contributed by atoms with Crippen LogP contribution in [0.15, 0.2) is 59.9 Å². The Morgan fingerprint density at radius 3 is 2.73 bits per heavy atom. The Hall–Kier alpha value is -2.97. The number of rotatable bonds is 4. The zero-order valence-corrected chi connectivity index (χ0v) is 14.8. The molecule has 0 saturated carbocycles. The standard InChI is InChI=1S/C18H16N4O3S/c1-25-13-6-7-15-14(8-13)18-16(9-20-11-21-18)22(15)10-12-4-2-3-5-17(12)26(19,23)24/h2-9,11H,10H2,1H3,(H2,19,23,24). The van der Waals surface area contributed by atoms with E-state index in [1.807, 2.05) is 22.8 Å². The molecule has 0 aliphatic rings. The fraction of sp³-hybridized carbons (Fsp3) is 0.111. The van der Waals surface area contributed by atoms with Gasteiger partial charge in [-0.15, -0.1) is 0 Å². The van der Waals surface area contributed by atoms with Crippen molar-refractivity contribution in [2.75, 3.05) is 7.11 Å². The molecule has 0 saturated heterocycles. The Balaban J connectivity index is 1.98. The number of benzene rings is 2.